The number of carbonyl (C=O) groups is 2. The lowest BCUT2D eigenvalue weighted by molar-refractivity contribution is -0.140. The number of hydrazone groups is 1. The molecule has 5 rings (SSSR count). The molecule has 2 aromatic carbocycles. The van der Waals surface area contributed by atoms with Gasteiger partial charge in [-0.15, -0.1) is 0 Å². The first-order valence-corrected chi connectivity index (χ1v) is 11.9. The molecular formula is C23H17Br2ClN2O3. The maximum absolute atomic E-state index is 12.8. The van der Waals surface area contributed by atoms with E-state index in [0.717, 1.165) is 22.6 Å². The van der Waals surface area contributed by atoms with Crippen molar-refractivity contribution in [2.45, 2.75) is 13.0 Å². The van der Waals surface area contributed by atoms with Gasteiger partial charge in [-0.3, -0.25) is 9.59 Å². The third-order valence-corrected chi connectivity index (χ3v) is 7.67. The summed E-state index contributed by atoms with van der Waals surface area (Å²) in [6, 6.07) is 11.2. The fourth-order valence-corrected chi connectivity index (χ4v) is 6.32. The van der Waals surface area contributed by atoms with Crippen molar-refractivity contribution in [3.63, 3.8) is 0 Å². The van der Waals surface area contributed by atoms with Crippen LogP contribution in [0.2, 0.25) is 5.02 Å². The molecule has 5 nitrogen and oxygen atoms in total. The molecule has 2 aromatic rings. The smallest absolute Gasteiger partial charge is 0.254 e. The molecule has 3 aliphatic rings. The standard InChI is InChI=1S/C23H17Br2ClN2O3/c24-16-7-12(8-17(25)21(16)31-11-15-3-1-2-4-18(15)26)10-27-28-22(29)19-13-5-6-14(9-13)20(19)23(28)30/h1-8,10,13-14,19-20H,9,11H2/t13-,14-,19-,20+/m0/s1. The van der Waals surface area contributed by atoms with E-state index in [2.05, 4.69) is 49.1 Å². The van der Waals surface area contributed by atoms with Crippen LogP contribution in [0.1, 0.15) is 17.5 Å². The number of rotatable bonds is 5. The molecule has 2 aliphatic carbocycles. The molecule has 1 heterocycles. The summed E-state index contributed by atoms with van der Waals surface area (Å²) in [5.74, 6) is 0.0795. The summed E-state index contributed by atoms with van der Waals surface area (Å²) in [5.41, 5.74) is 1.61. The molecule has 0 radical (unpaired) electrons. The first-order chi connectivity index (χ1) is 14.9. The van der Waals surface area contributed by atoms with Gasteiger partial charge in [0.2, 0.25) is 0 Å². The Kier molecular flexibility index (Phi) is 5.52. The van der Waals surface area contributed by atoms with E-state index < -0.39 is 0 Å². The van der Waals surface area contributed by atoms with E-state index in [4.69, 9.17) is 16.3 Å². The Morgan fingerprint density at radius 2 is 1.68 bits per heavy atom. The number of nitrogens with zero attached hydrogens (tertiary/aromatic N) is 2. The fourth-order valence-electron chi connectivity index (χ4n) is 4.68. The maximum atomic E-state index is 12.8. The van der Waals surface area contributed by atoms with Crippen molar-refractivity contribution in [3.8, 4) is 5.75 Å². The Morgan fingerprint density at radius 3 is 2.29 bits per heavy atom. The molecule has 0 aromatic heterocycles. The third-order valence-electron chi connectivity index (χ3n) is 6.12. The van der Waals surface area contributed by atoms with Crippen molar-refractivity contribution in [1.29, 1.82) is 0 Å². The molecule has 2 amide bonds. The second kappa shape index (κ2) is 8.19. The molecule has 31 heavy (non-hydrogen) atoms. The van der Waals surface area contributed by atoms with E-state index in [1.165, 1.54) is 6.21 Å². The van der Waals surface area contributed by atoms with E-state index in [1.807, 2.05) is 36.4 Å². The van der Waals surface area contributed by atoms with Gasteiger partial charge in [0.05, 0.1) is 27.0 Å². The largest absolute Gasteiger partial charge is 0.486 e. The highest BCUT2D eigenvalue weighted by atomic mass is 79.9. The van der Waals surface area contributed by atoms with Gasteiger partial charge in [0.1, 0.15) is 12.4 Å². The maximum Gasteiger partial charge on any atom is 0.254 e. The van der Waals surface area contributed by atoms with Gasteiger partial charge in [0.15, 0.2) is 0 Å². The van der Waals surface area contributed by atoms with Crippen LogP contribution in [0.3, 0.4) is 0 Å². The van der Waals surface area contributed by atoms with Crippen molar-refractivity contribution in [2.24, 2.45) is 28.8 Å². The summed E-state index contributed by atoms with van der Waals surface area (Å²) in [6.45, 7) is 0.320. The van der Waals surface area contributed by atoms with Gasteiger partial charge in [-0.05, 0) is 73.9 Å². The SMILES string of the molecule is O=C1[C@@H]2[C@H](C(=O)N1N=Cc1cc(Br)c(OCc3ccccc3Cl)c(Br)c1)[C@H]1C=C[C@H]2C1. The average molecular weight is 565 g/mol. The van der Waals surface area contributed by atoms with E-state index in [-0.39, 0.29) is 35.5 Å². The second-order valence-electron chi connectivity index (χ2n) is 7.93. The van der Waals surface area contributed by atoms with E-state index in [1.54, 1.807) is 0 Å². The van der Waals surface area contributed by atoms with Gasteiger partial charge < -0.3 is 4.74 Å². The monoisotopic (exact) mass is 562 g/mol. The van der Waals surface area contributed by atoms with E-state index in [9.17, 15) is 9.59 Å². The van der Waals surface area contributed by atoms with Crippen molar-refractivity contribution >= 4 is 61.5 Å². The first kappa shape index (κ1) is 20.9. The lowest BCUT2D eigenvalue weighted by Crippen LogP contribution is -2.28. The van der Waals surface area contributed by atoms with Crippen LogP contribution in [0.5, 0.6) is 5.75 Å². The topological polar surface area (TPSA) is 59.0 Å². The van der Waals surface area contributed by atoms with Crippen LogP contribution < -0.4 is 4.74 Å². The van der Waals surface area contributed by atoms with Crippen LogP contribution in [0.4, 0.5) is 0 Å². The Balaban J connectivity index is 1.31. The van der Waals surface area contributed by atoms with Gasteiger partial charge in [-0.1, -0.05) is 42.0 Å². The molecule has 2 fully saturated rings. The molecule has 2 bridgehead atoms. The Bertz CT molecular complexity index is 1100. The number of hydrogen-bond donors (Lipinski definition) is 0. The quantitative estimate of drug-likeness (QED) is 0.271. The summed E-state index contributed by atoms with van der Waals surface area (Å²) in [6.07, 6.45) is 6.57. The number of imide groups is 1. The second-order valence-corrected chi connectivity index (χ2v) is 10.0. The van der Waals surface area contributed by atoms with Crippen LogP contribution >= 0.6 is 43.5 Å². The molecule has 0 unspecified atom stereocenters. The average Bonchev–Trinajstić information content (AvgIpc) is 3.41. The number of allylic oxidation sites excluding steroid dienone is 2. The Labute approximate surface area is 201 Å². The molecule has 0 spiro atoms. The minimum Gasteiger partial charge on any atom is -0.486 e. The molecule has 1 aliphatic heterocycles. The number of fused-ring (bicyclic) bond motifs is 5. The number of carbonyl (C=O) groups excluding carboxylic acids is 2. The lowest BCUT2D eigenvalue weighted by Gasteiger charge is -2.13. The van der Waals surface area contributed by atoms with Crippen LogP contribution in [-0.4, -0.2) is 23.0 Å². The fraction of sp³-hybridized carbons (Fsp3) is 0.261. The zero-order valence-electron chi connectivity index (χ0n) is 16.2. The highest BCUT2D eigenvalue weighted by molar-refractivity contribution is 9.11. The van der Waals surface area contributed by atoms with Gasteiger partial charge >= 0.3 is 0 Å². The van der Waals surface area contributed by atoms with Crippen molar-refractivity contribution in [1.82, 2.24) is 5.01 Å². The van der Waals surface area contributed by atoms with Gasteiger partial charge in [-0.25, -0.2) is 0 Å². The highest BCUT2D eigenvalue weighted by Gasteiger charge is 2.59. The van der Waals surface area contributed by atoms with Crippen LogP contribution in [0.15, 0.2) is 62.6 Å². The van der Waals surface area contributed by atoms with Crippen LogP contribution in [0.25, 0.3) is 0 Å². The summed E-state index contributed by atoms with van der Waals surface area (Å²) in [4.78, 5) is 25.5. The number of ether oxygens (including phenoxy) is 1. The summed E-state index contributed by atoms with van der Waals surface area (Å²) in [5, 5.41) is 5.93. The van der Waals surface area contributed by atoms with E-state index >= 15 is 0 Å². The Hall–Kier alpha value is -1.96. The molecule has 4 atom stereocenters. The minimum absolute atomic E-state index is 0.171. The number of benzene rings is 2. The summed E-state index contributed by atoms with van der Waals surface area (Å²) >= 11 is 13.2. The lowest BCUT2D eigenvalue weighted by atomic mass is 9.85. The molecule has 158 valence electrons. The molecule has 1 saturated carbocycles. The van der Waals surface area contributed by atoms with Crippen molar-refractivity contribution in [3.05, 3.63) is 73.6 Å². The molecule has 8 heteroatoms. The molecule has 1 saturated heterocycles. The zero-order chi connectivity index (χ0) is 21.7. The third kappa shape index (κ3) is 3.66. The first-order valence-electron chi connectivity index (χ1n) is 9.89. The van der Waals surface area contributed by atoms with Gasteiger partial charge in [0, 0.05) is 10.6 Å². The normalized spacial score (nSPS) is 26.4. The van der Waals surface area contributed by atoms with E-state index in [0.29, 0.717) is 26.3 Å². The predicted octanol–water partition coefficient (Wildman–Crippen LogP) is 5.59. The molecular weight excluding hydrogens is 548 g/mol. The Morgan fingerprint density at radius 1 is 1.06 bits per heavy atom. The molecule has 0 N–H and O–H groups in total. The summed E-state index contributed by atoms with van der Waals surface area (Å²) < 4.78 is 7.37. The predicted molar refractivity (Wildman–Crippen MR) is 125 cm³/mol. The summed E-state index contributed by atoms with van der Waals surface area (Å²) in [7, 11) is 0. The van der Waals surface area contributed by atoms with Gasteiger partial charge in [-0.2, -0.15) is 10.1 Å². The van der Waals surface area contributed by atoms with Crippen molar-refractivity contribution in [2.75, 3.05) is 0 Å². The zero-order valence-corrected chi connectivity index (χ0v) is 20.1. The van der Waals surface area contributed by atoms with Crippen molar-refractivity contribution < 1.29 is 14.3 Å². The number of halogens is 3. The highest BCUT2D eigenvalue weighted by Crippen LogP contribution is 2.52. The van der Waals surface area contributed by atoms with Gasteiger partial charge in [0.25, 0.3) is 11.8 Å². The van der Waals surface area contributed by atoms with Crippen LogP contribution in [-0.2, 0) is 16.2 Å². The number of amides is 2. The number of hydrogen-bond acceptors (Lipinski definition) is 4. The van der Waals surface area contributed by atoms with Crippen LogP contribution in [0, 0.1) is 23.7 Å². The minimum atomic E-state index is -0.251.